The molecule has 2 amide bonds. The van der Waals surface area contributed by atoms with E-state index >= 15 is 0 Å². The van der Waals surface area contributed by atoms with Gasteiger partial charge in [-0.1, -0.05) is 0 Å². The van der Waals surface area contributed by atoms with Crippen LogP contribution in [0.5, 0.6) is 0 Å². The molecule has 0 saturated carbocycles. The molecule has 26 heavy (non-hydrogen) atoms. The van der Waals surface area contributed by atoms with Gasteiger partial charge < -0.3 is 25.2 Å². The van der Waals surface area contributed by atoms with Crippen LogP contribution >= 0.6 is 11.8 Å². The molecule has 0 spiro atoms. The monoisotopic (exact) mass is 388 g/mol. The van der Waals surface area contributed by atoms with Gasteiger partial charge in [0.05, 0.1) is 6.61 Å². The van der Waals surface area contributed by atoms with E-state index in [0.29, 0.717) is 5.75 Å². The lowest BCUT2D eigenvalue weighted by molar-refractivity contribution is -0.167. The summed E-state index contributed by atoms with van der Waals surface area (Å²) >= 11 is 1.32. The van der Waals surface area contributed by atoms with Crippen molar-refractivity contribution in [2.45, 2.75) is 43.6 Å². The number of carboxylic acids is 2. The van der Waals surface area contributed by atoms with Gasteiger partial charge in [0, 0.05) is 31.4 Å². The van der Waals surface area contributed by atoms with Crippen LogP contribution in [0.3, 0.4) is 0 Å². The minimum Gasteiger partial charge on any atom is -0.481 e. The number of carbonyl (C=O) groups excluding carboxylic acids is 3. The molecule has 10 nitrogen and oxygen atoms in total. The predicted octanol–water partition coefficient (Wildman–Crippen LogP) is -0.726. The van der Waals surface area contributed by atoms with E-state index in [0.717, 1.165) is 0 Å². The molecule has 0 aromatic heterocycles. The van der Waals surface area contributed by atoms with Crippen LogP contribution in [0.1, 0.15) is 26.2 Å². The Morgan fingerprint density at radius 2 is 1.96 bits per heavy atom. The van der Waals surface area contributed by atoms with Crippen molar-refractivity contribution in [2.24, 2.45) is 5.92 Å². The van der Waals surface area contributed by atoms with E-state index in [2.05, 4.69) is 5.32 Å². The summed E-state index contributed by atoms with van der Waals surface area (Å²) in [6, 6.07) is -1.94. The highest BCUT2D eigenvalue weighted by atomic mass is 32.2. The molecule has 0 bridgehead atoms. The lowest BCUT2D eigenvalue weighted by Crippen LogP contribution is -2.76. The maximum absolute atomic E-state index is 12.3. The highest BCUT2D eigenvalue weighted by Crippen LogP contribution is 2.40. The number of fused-ring (bicyclic) bond motifs is 1. The van der Waals surface area contributed by atoms with Crippen LogP contribution in [0, 0.1) is 5.92 Å². The fourth-order valence-electron chi connectivity index (χ4n) is 2.96. The number of esters is 1. The van der Waals surface area contributed by atoms with Crippen LogP contribution in [-0.4, -0.2) is 74.7 Å². The Kier molecular flexibility index (Phi) is 6.46. The Hall–Kier alpha value is -2.30. The number of hydrogen-bond acceptors (Lipinski definition) is 7. The standard InChI is InChI=1S/C15H20N2O8S/c1-7(18)25-5-8-6-26-14-11(13(22)17(14)12(8)15(23)24)16-9(19)3-2-4-10(20)21/h8,11-12,14H,2-6H2,1H3,(H,16,19)(H,20,21)(H,23,24). The fourth-order valence-corrected chi connectivity index (χ4v) is 4.46. The molecule has 4 unspecified atom stereocenters. The number of β-lactam (4-membered cyclic amide) rings is 1. The normalized spacial score (nSPS) is 27.1. The molecule has 144 valence electrons. The van der Waals surface area contributed by atoms with Gasteiger partial charge >= 0.3 is 17.9 Å². The Morgan fingerprint density at radius 1 is 1.27 bits per heavy atom. The minimum atomic E-state index is -1.19. The van der Waals surface area contributed by atoms with Crippen molar-refractivity contribution in [1.82, 2.24) is 10.2 Å². The van der Waals surface area contributed by atoms with Gasteiger partial charge in [-0.3, -0.25) is 19.2 Å². The first-order chi connectivity index (χ1) is 12.2. The molecule has 3 N–H and O–H groups in total. The predicted molar refractivity (Wildman–Crippen MR) is 88.1 cm³/mol. The van der Waals surface area contributed by atoms with Crippen LogP contribution < -0.4 is 5.32 Å². The van der Waals surface area contributed by atoms with Crippen LogP contribution in [0.4, 0.5) is 0 Å². The molecule has 2 fully saturated rings. The van der Waals surface area contributed by atoms with Gasteiger partial charge in [0.15, 0.2) is 0 Å². The minimum absolute atomic E-state index is 0.0229. The molecule has 0 radical (unpaired) electrons. The van der Waals surface area contributed by atoms with Crippen LogP contribution in [-0.2, 0) is 28.7 Å². The van der Waals surface area contributed by atoms with Crippen molar-refractivity contribution in [3.8, 4) is 0 Å². The van der Waals surface area contributed by atoms with Crippen LogP contribution in [0.2, 0.25) is 0 Å². The van der Waals surface area contributed by atoms with Crippen LogP contribution in [0.15, 0.2) is 0 Å². The van der Waals surface area contributed by atoms with E-state index in [4.69, 9.17) is 9.84 Å². The third-order valence-electron chi connectivity index (χ3n) is 4.17. The lowest BCUT2D eigenvalue weighted by atomic mass is 9.94. The van der Waals surface area contributed by atoms with E-state index in [-0.39, 0.29) is 25.9 Å². The Bertz CT molecular complexity index is 625. The molecule has 2 aliphatic rings. The van der Waals surface area contributed by atoms with Gasteiger partial charge in [-0.05, 0) is 6.42 Å². The summed E-state index contributed by atoms with van der Waals surface area (Å²) in [5.74, 6) is -3.84. The molecule has 11 heteroatoms. The molecular weight excluding hydrogens is 368 g/mol. The number of nitrogens with zero attached hydrogens (tertiary/aromatic N) is 1. The average molecular weight is 388 g/mol. The van der Waals surface area contributed by atoms with Crippen molar-refractivity contribution in [3.63, 3.8) is 0 Å². The van der Waals surface area contributed by atoms with Crippen molar-refractivity contribution < 1.29 is 38.9 Å². The lowest BCUT2D eigenvalue weighted by Gasteiger charge is -2.54. The number of hydrogen-bond donors (Lipinski definition) is 3. The first-order valence-electron chi connectivity index (χ1n) is 8.03. The summed E-state index contributed by atoms with van der Waals surface area (Å²) in [4.78, 5) is 58.4. The second-order valence-electron chi connectivity index (χ2n) is 6.11. The molecule has 2 aliphatic heterocycles. The zero-order chi connectivity index (χ0) is 19.4. The summed E-state index contributed by atoms with van der Waals surface area (Å²) in [5.41, 5.74) is 0. The Morgan fingerprint density at radius 3 is 2.54 bits per heavy atom. The first-order valence-corrected chi connectivity index (χ1v) is 9.08. The van der Waals surface area contributed by atoms with Crippen molar-refractivity contribution in [3.05, 3.63) is 0 Å². The van der Waals surface area contributed by atoms with E-state index in [1.807, 2.05) is 0 Å². The van der Waals surface area contributed by atoms with E-state index < -0.39 is 53.1 Å². The zero-order valence-electron chi connectivity index (χ0n) is 14.0. The highest BCUT2D eigenvalue weighted by Gasteiger charge is 2.57. The number of amides is 2. The van der Waals surface area contributed by atoms with Crippen molar-refractivity contribution in [1.29, 1.82) is 0 Å². The Balaban J connectivity index is 1.94. The smallest absolute Gasteiger partial charge is 0.326 e. The Labute approximate surface area is 153 Å². The zero-order valence-corrected chi connectivity index (χ0v) is 14.9. The van der Waals surface area contributed by atoms with Gasteiger partial charge in [0.2, 0.25) is 11.8 Å². The summed E-state index contributed by atoms with van der Waals surface area (Å²) in [7, 11) is 0. The number of thioether (sulfide) groups is 1. The van der Waals surface area contributed by atoms with E-state index in [9.17, 15) is 29.1 Å². The maximum atomic E-state index is 12.3. The third kappa shape index (κ3) is 4.45. The second-order valence-corrected chi connectivity index (χ2v) is 7.26. The summed E-state index contributed by atoms with van der Waals surface area (Å²) < 4.78 is 4.89. The summed E-state index contributed by atoms with van der Waals surface area (Å²) in [6.45, 7) is 1.13. The molecular formula is C15H20N2O8S. The van der Waals surface area contributed by atoms with Gasteiger partial charge in [0.25, 0.3) is 0 Å². The third-order valence-corrected chi connectivity index (χ3v) is 5.63. The fraction of sp³-hybridized carbons (Fsp3) is 0.667. The van der Waals surface area contributed by atoms with Gasteiger partial charge in [0.1, 0.15) is 17.5 Å². The number of ether oxygens (including phenoxy) is 1. The molecule has 0 aliphatic carbocycles. The number of nitrogens with one attached hydrogen (secondary N) is 1. The molecule has 2 saturated heterocycles. The van der Waals surface area contributed by atoms with Crippen molar-refractivity contribution in [2.75, 3.05) is 12.4 Å². The molecule has 2 rings (SSSR count). The van der Waals surface area contributed by atoms with E-state index in [1.54, 1.807) is 0 Å². The highest BCUT2D eigenvalue weighted by molar-refractivity contribution is 8.00. The molecule has 4 atom stereocenters. The topological polar surface area (TPSA) is 150 Å². The summed E-state index contributed by atoms with van der Waals surface area (Å²) in [5, 5.41) is 20.1. The molecule has 2 heterocycles. The quantitative estimate of drug-likeness (QED) is 0.361. The van der Waals surface area contributed by atoms with E-state index in [1.165, 1.54) is 23.6 Å². The molecule has 0 aromatic rings. The number of rotatable bonds is 8. The van der Waals surface area contributed by atoms with Gasteiger partial charge in [-0.25, -0.2) is 4.79 Å². The SMILES string of the molecule is CC(=O)OCC1CSC2C(NC(=O)CCCC(=O)O)C(=O)N2C1C(=O)O. The number of carbonyl (C=O) groups is 5. The van der Waals surface area contributed by atoms with Gasteiger partial charge in [-0.15, -0.1) is 11.8 Å². The van der Waals surface area contributed by atoms with Gasteiger partial charge in [-0.2, -0.15) is 0 Å². The molecule has 0 aromatic carbocycles. The maximum Gasteiger partial charge on any atom is 0.326 e. The number of carboxylic acid groups (broad SMARTS) is 2. The van der Waals surface area contributed by atoms with Crippen LogP contribution in [0.25, 0.3) is 0 Å². The van der Waals surface area contributed by atoms with Crippen molar-refractivity contribution >= 4 is 41.5 Å². The number of aliphatic carboxylic acids is 2. The largest absolute Gasteiger partial charge is 0.481 e. The second kappa shape index (κ2) is 8.39. The summed E-state index contributed by atoms with van der Waals surface area (Å²) in [6.07, 6.45) is -0.00797. The average Bonchev–Trinajstić information content (AvgIpc) is 2.56. The first kappa shape index (κ1) is 20.0.